The number of nitrogens with one attached hydrogen (secondary N) is 2. The zero-order valence-corrected chi connectivity index (χ0v) is 36.5. The van der Waals surface area contributed by atoms with Gasteiger partial charge in [0.25, 0.3) is 0 Å². The van der Waals surface area contributed by atoms with Crippen LogP contribution in [0.15, 0.2) is 121 Å². The van der Waals surface area contributed by atoms with Gasteiger partial charge in [-0.25, -0.2) is 10.0 Å². The van der Waals surface area contributed by atoms with Gasteiger partial charge >= 0.3 is 0 Å². The Balaban J connectivity index is 0.000000140. The fourth-order valence-electron chi connectivity index (χ4n) is 7.87. The number of hydrogen-bond donors (Lipinski definition) is 3. The topological polar surface area (TPSA) is 144 Å². The first-order valence-corrected chi connectivity index (χ1v) is 21.3. The molecule has 4 aromatic rings. The highest BCUT2D eigenvalue weighted by molar-refractivity contribution is 5.85. The molecule has 330 valence electrons. The van der Waals surface area contributed by atoms with Gasteiger partial charge < -0.3 is 9.84 Å². The van der Waals surface area contributed by atoms with Crippen LogP contribution in [0.2, 0.25) is 0 Å². The molecule has 5 aliphatic heterocycles. The maximum Gasteiger partial charge on any atom is 0.247 e. The Labute approximate surface area is 365 Å². The van der Waals surface area contributed by atoms with Crippen molar-refractivity contribution in [1.29, 1.82) is 0 Å². The summed E-state index contributed by atoms with van der Waals surface area (Å²) in [5.41, 5.74) is 9.62. The lowest BCUT2D eigenvalue weighted by Gasteiger charge is -2.35. The van der Waals surface area contributed by atoms with Gasteiger partial charge in [-0.05, 0) is 69.3 Å². The lowest BCUT2D eigenvalue weighted by molar-refractivity contribution is -0.134. The van der Waals surface area contributed by atoms with Crippen molar-refractivity contribution >= 4 is 46.4 Å². The Morgan fingerprint density at radius 3 is 1.50 bits per heavy atom. The molecular weight excluding hydrogens is 787 g/mol. The average Bonchev–Trinajstić information content (AvgIpc) is 3.98. The predicted octanol–water partition coefficient (Wildman–Crippen LogP) is 5.04. The van der Waals surface area contributed by atoms with E-state index in [4.69, 9.17) is 9.84 Å². The van der Waals surface area contributed by atoms with E-state index in [0.717, 1.165) is 55.6 Å². The number of nitrogens with zero attached hydrogens (tertiary/aromatic N) is 7. The highest BCUT2D eigenvalue weighted by Crippen LogP contribution is 2.29. The van der Waals surface area contributed by atoms with Crippen molar-refractivity contribution in [1.82, 2.24) is 25.8 Å². The molecule has 3 N–H and O–H groups in total. The van der Waals surface area contributed by atoms with E-state index in [1.807, 2.05) is 150 Å². The van der Waals surface area contributed by atoms with E-state index in [2.05, 4.69) is 46.7 Å². The molecule has 3 unspecified atom stereocenters. The van der Waals surface area contributed by atoms with Gasteiger partial charge in [0.15, 0.2) is 0 Å². The summed E-state index contributed by atoms with van der Waals surface area (Å²) in [5, 5.41) is 20.1. The van der Waals surface area contributed by atoms with Crippen LogP contribution in [0.3, 0.4) is 0 Å². The van der Waals surface area contributed by atoms with Crippen LogP contribution in [0.5, 0.6) is 0 Å². The number of rotatable bonds is 7. The monoisotopic (exact) mass is 847 g/mol. The van der Waals surface area contributed by atoms with E-state index >= 15 is 0 Å². The molecule has 0 aromatic heterocycles. The molecule has 5 fully saturated rings. The van der Waals surface area contributed by atoms with Crippen molar-refractivity contribution < 1.29 is 29.0 Å². The molecule has 9 rings (SSSR count). The SMILES string of the molecule is CC1(C)CC(=O)NN1c1ccccc1.CC1CC(=O)NN1c1ccccc1.CC1CN(c2ccccc2)N(CN2CCOCC2)C1=O.CC1CN(c2ccccc2)N(CO)C1=O. The molecule has 0 bridgehead atoms. The van der Waals surface area contributed by atoms with E-state index < -0.39 is 0 Å². The van der Waals surface area contributed by atoms with Crippen molar-refractivity contribution in [2.24, 2.45) is 11.8 Å². The second-order valence-corrected chi connectivity index (χ2v) is 16.6. The number of benzene rings is 4. The Hall–Kier alpha value is -6.16. The average molecular weight is 848 g/mol. The minimum absolute atomic E-state index is 0.0265. The second-order valence-electron chi connectivity index (χ2n) is 16.6. The minimum atomic E-state index is -0.266. The Kier molecular flexibility index (Phi) is 15.4. The fourth-order valence-corrected chi connectivity index (χ4v) is 7.87. The third-order valence-electron chi connectivity index (χ3n) is 11.2. The van der Waals surface area contributed by atoms with Gasteiger partial charge in [-0.1, -0.05) is 86.6 Å². The molecule has 4 amide bonds. The van der Waals surface area contributed by atoms with Gasteiger partial charge in [0, 0.05) is 13.1 Å². The van der Waals surface area contributed by atoms with Crippen LogP contribution in [0.4, 0.5) is 22.7 Å². The maximum atomic E-state index is 12.4. The van der Waals surface area contributed by atoms with Gasteiger partial charge in [0.05, 0.1) is 92.0 Å². The van der Waals surface area contributed by atoms with Crippen LogP contribution in [-0.2, 0) is 23.9 Å². The number of aliphatic hydroxyl groups is 1. The first-order chi connectivity index (χ1) is 29.9. The van der Waals surface area contributed by atoms with Gasteiger partial charge in [0.2, 0.25) is 23.6 Å². The summed E-state index contributed by atoms with van der Waals surface area (Å²) in [4.78, 5) is 48.7. The second kappa shape index (κ2) is 21.1. The van der Waals surface area contributed by atoms with Crippen molar-refractivity contribution in [2.75, 3.05) is 72.8 Å². The number of morpholine rings is 1. The van der Waals surface area contributed by atoms with Crippen molar-refractivity contribution in [3.8, 4) is 0 Å². The molecule has 5 aliphatic rings. The lowest BCUT2D eigenvalue weighted by Crippen LogP contribution is -2.49. The molecule has 0 aliphatic carbocycles. The lowest BCUT2D eigenvalue weighted by atomic mass is 10.0. The predicted molar refractivity (Wildman–Crippen MR) is 241 cm³/mol. The number of carbonyl (C=O) groups excluding carboxylic acids is 4. The van der Waals surface area contributed by atoms with Crippen LogP contribution in [0, 0.1) is 11.8 Å². The van der Waals surface area contributed by atoms with E-state index in [-0.39, 0.29) is 53.8 Å². The van der Waals surface area contributed by atoms with E-state index in [1.54, 1.807) is 0 Å². The molecule has 15 nitrogen and oxygen atoms in total. The molecule has 0 radical (unpaired) electrons. The largest absolute Gasteiger partial charge is 0.379 e. The quantitative estimate of drug-likeness (QED) is 0.230. The summed E-state index contributed by atoms with van der Waals surface area (Å²) in [7, 11) is 0. The summed E-state index contributed by atoms with van der Waals surface area (Å²) in [6.07, 6.45) is 1.12. The molecule has 5 saturated heterocycles. The zero-order chi connectivity index (χ0) is 44.2. The maximum absolute atomic E-state index is 12.4. The highest BCUT2D eigenvalue weighted by Gasteiger charge is 2.38. The number of hydrazine groups is 4. The van der Waals surface area contributed by atoms with Crippen LogP contribution >= 0.6 is 0 Å². The fraction of sp³-hybridized carbons (Fsp3) is 0.404. The summed E-state index contributed by atoms with van der Waals surface area (Å²) >= 11 is 0. The van der Waals surface area contributed by atoms with Crippen LogP contribution in [0.1, 0.15) is 47.5 Å². The summed E-state index contributed by atoms with van der Waals surface area (Å²) in [5.74, 6) is 0.352. The first-order valence-electron chi connectivity index (χ1n) is 21.3. The highest BCUT2D eigenvalue weighted by atomic mass is 16.5. The Morgan fingerprint density at radius 2 is 1.06 bits per heavy atom. The van der Waals surface area contributed by atoms with E-state index in [1.165, 1.54) is 5.01 Å². The molecule has 5 heterocycles. The summed E-state index contributed by atoms with van der Waals surface area (Å²) in [6, 6.07) is 39.7. The Bertz CT molecular complexity index is 2060. The van der Waals surface area contributed by atoms with Gasteiger partial charge in [0.1, 0.15) is 6.73 Å². The number of para-hydroxylation sites is 4. The molecule has 62 heavy (non-hydrogen) atoms. The number of carbonyl (C=O) groups is 4. The van der Waals surface area contributed by atoms with E-state index in [0.29, 0.717) is 26.1 Å². The third-order valence-corrected chi connectivity index (χ3v) is 11.2. The molecular formula is C47H61N9O6. The Morgan fingerprint density at radius 1 is 0.613 bits per heavy atom. The smallest absolute Gasteiger partial charge is 0.247 e. The molecule has 0 saturated carbocycles. The summed E-state index contributed by atoms with van der Waals surface area (Å²) in [6.45, 7) is 15.1. The van der Waals surface area contributed by atoms with Crippen LogP contribution in [0.25, 0.3) is 0 Å². The van der Waals surface area contributed by atoms with Gasteiger partial charge in [-0.15, -0.1) is 0 Å². The molecule has 4 aromatic carbocycles. The van der Waals surface area contributed by atoms with Crippen molar-refractivity contribution in [2.45, 2.75) is 59.0 Å². The number of anilines is 4. The molecule has 3 atom stereocenters. The number of aliphatic hydroxyl groups excluding tert-OH is 1. The van der Waals surface area contributed by atoms with Crippen LogP contribution in [-0.4, -0.2) is 108 Å². The van der Waals surface area contributed by atoms with Crippen molar-refractivity contribution in [3.05, 3.63) is 121 Å². The standard InChI is InChI=1S/C15H21N3O2.C11H14N2O2.C11H14N2O.C10H12N2O/c1-13-11-17(14-5-3-2-4-6-14)18(15(13)19)12-16-7-9-20-10-8-16;1-9-7-12(13(8-14)11(9)15)10-5-3-2-4-6-10;1-11(2)8-10(14)12-13(11)9-6-4-3-5-7-9;1-8-7-10(13)11-12(8)9-5-3-2-4-6-9/h2-6,13H,7-12H2,1H3;2-6,9,14H,7-8H2,1H3;3-7H,8H2,1-2H3,(H,12,14);2-6,8H,7H2,1H3,(H,11,13). The molecule has 15 heteroatoms. The number of hydrogen-bond acceptors (Lipinski definition) is 11. The minimum Gasteiger partial charge on any atom is -0.379 e. The van der Waals surface area contributed by atoms with Crippen molar-refractivity contribution in [3.63, 3.8) is 0 Å². The van der Waals surface area contributed by atoms with E-state index in [9.17, 15) is 19.2 Å². The zero-order valence-electron chi connectivity index (χ0n) is 36.5. The number of ether oxygens (including phenoxy) is 1. The summed E-state index contributed by atoms with van der Waals surface area (Å²) < 4.78 is 5.36. The molecule has 0 spiro atoms. The normalized spacial score (nSPS) is 22.0. The first kappa shape index (κ1) is 45.4. The van der Waals surface area contributed by atoms with Crippen LogP contribution < -0.4 is 30.9 Å². The van der Waals surface area contributed by atoms with Gasteiger partial charge in [-0.3, -0.25) is 55.0 Å². The van der Waals surface area contributed by atoms with Gasteiger partial charge in [-0.2, -0.15) is 0 Å². The third kappa shape index (κ3) is 11.4. The number of amides is 4.